The highest BCUT2D eigenvalue weighted by molar-refractivity contribution is 6.33. The summed E-state index contributed by atoms with van der Waals surface area (Å²) in [4.78, 5) is 6.74. The zero-order chi connectivity index (χ0) is 11.5. The molecule has 0 spiro atoms. The van der Waals surface area contributed by atoms with E-state index in [0.29, 0.717) is 0 Å². The molecule has 1 atom stereocenters. The van der Waals surface area contributed by atoms with Gasteiger partial charge in [-0.1, -0.05) is 18.5 Å². The summed E-state index contributed by atoms with van der Waals surface area (Å²) in [6.07, 6.45) is 3.14. The third kappa shape index (κ3) is 2.47. The third-order valence-electron chi connectivity index (χ3n) is 2.98. The van der Waals surface area contributed by atoms with E-state index in [9.17, 15) is 0 Å². The molecule has 1 aromatic heterocycles. The number of halogens is 1. The van der Waals surface area contributed by atoms with Crippen molar-refractivity contribution in [2.75, 3.05) is 25.0 Å². The number of hydrogen-bond acceptors (Lipinski definition) is 3. The van der Waals surface area contributed by atoms with E-state index in [-0.39, 0.29) is 0 Å². The fourth-order valence-corrected chi connectivity index (χ4v) is 2.44. The number of anilines is 1. The van der Waals surface area contributed by atoms with Gasteiger partial charge < -0.3 is 10.2 Å². The molecule has 0 aliphatic carbocycles. The largest absolute Gasteiger partial charge is 0.355 e. The van der Waals surface area contributed by atoms with Gasteiger partial charge in [-0.15, -0.1) is 0 Å². The Kier molecular flexibility index (Phi) is 3.66. The first-order valence-corrected chi connectivity index (χ1v) is 6.12. The number of hydrogen-bond donors (Lipinski definition) is 1. The molecule has 0 radical (unpaired) electrons. The zero-order valence-electron chi connectivity index (χ0n) is 9.83. The first-order chi connectivity index (χ1) is 7.70. The van der Waals surface area contributed by atoms with Crippen LogP contribution in [0, 0.1) is 5.92 Å². The van der Waals surface area contributed by atoms with Gasteiger partial charge >= 0.3 is 0 Å². The molecule has 2 rings (SSSR count). The van der Waals surface area contributed by atoms with Crippen molar-refractivity contribution in [1.82, 2.24) is 10.3 Å². The summed E-state index contributed by atoms with van der Waals surface area (Å²) in [6, 6.07) is 2.00. The minimum atomic E-state index is 0.745. The summed E-state index contributed by atoms with van der Waals surface area (Å²) >= 11 is 6.26. The topological polar surface area (TPSA) is 28.2 Å². The summed E-state index contributed by atoms with van der Waals surface area (Å²) in [7, 11) is 1.92. The number of rotatable bonds is 3. The summed E-state index contributed by atoms with van der Waals surface area (Å²) in [5.41, 5.74) is 1.13. The number of pyridine rings is 1. The van der Waals surface area contributed by atoms with E-state index in [1.807, 2.05) is 19.3 Å². The molecule has 1 unspecified atom stereocenters. The molecule has 1 saturated heterocycles. The van der Waals surface area contributed by atoms with Gasteiger partial charge in [-0.05, 0) is 31.0 Å². The van der Waals surface area contributed by atoms with Crippen LogP contribution in [0.3, 0.4) is 0 Å². The first-order valence-electron chi connectivity index (χ1n) is 5.74. The average Bonchev–Trinajstić information content (AvgIpc) is 2.65. The van der Waals surface area contributed by atoms with Crippen LogP contribution in [0.25, 0.3) is 0 Å². The summed E-state index contributed by atoms with van der Waals surface area (Å²) in [6.45, 7) is 5.21. The van der Waals surface area contributed by atoms with Crippen molar-refractivity contribution >= 4 is 17.4 Å². The predicted octanol–water partition coefficient (Wildman–Crippen LogP) is 2.30. The molecule has 4 heteroatoms. The third-order valence-corrected chi connectivity index (χ3v) is 3.26. The lowest BCUT2D eigenvalue weighted by Gasteiger charge is -2.18. The molecular weight excluding hydrogens is 222 g/mol. The molecule has 3 nitrogen and oxygen atoms in total. The van der Waals surface area contributed by atoms with Gasteiger partial charge in [-0.25, -0.2) is 4.98 Å². The Bertz CT molecular complexity index is 367. The summed E-state index contributed by atoms with van der Waals surface area (Å²) in [5, 5.41) is 3.86. The van der Waals surface area contributed by atoms with E-state index >= 15 is 0 Å². The van der Waals surface area contributed by atoms with Gasteiger partial charge in [0.05, 0.1) is 5.02 Å². The van der Waals surface area contributed by atoms with Crippen molar-refractivity contribution < 1.29 is 0 Å². The molecule has 1 aliphatic rings. The maximum Gasteiger partial charge on any atom is 0.147 e. The molecule has 1 N–H and O–H groups in total. The summed E-state index contributed by atoms with van der Waals surface area (Å²) < 4.78 is 0. The summed E-state index contributed by atoms with van der Waals surface area (Å²) in [5.74, 6) is 1.68. The lowest BCUT2D eigenvalue weighted by molar-refractivity contribution is 0.659. The Morgan fingerprint density at radius 2 is 2.44 bits per heavy atom. The average molecular weight is 240 g/mol. The number of nitrogens with one attached hydrogen (secondary N) is 1. The highest BCUT2D eigenvalue weighted by atomic mass is 35.5. The van der Waals surface area contributed by atoms with Crippen molar-refractivity contribution in [3.63, 3.8) is 0 Å². The molecule has 0 bridgehead atoms. The number of aromatic nitrogens is 1. The van der Waals surface area contributed by atoms with Crippen molar-refractivity contribution in [2.45, 2.75) is 19.9 Å². The van der Waals surface area contributed by atoms with E-state index in [1.165, 1.54) is 6.42 Å². The minimum Gasteiger partial charge on any atom is -0.355 e. The van der Waals surface area contributed by atoms with Crippen molar-refractivity contribution in [3.05, 3.63) is 22.8 Å². The van der Waals surface area contributed by atoms with Gasteiger partial charge in [0, 0.05) is 25.8 Å². The zero-order valence-corrected chi connectivity index (χ0v) is 10.6. The van der Waals surface area contributed by atoms with Crippen LogP contribution in [-0.2, 0) is 6.54 Å². The number of nitrogens with zero attached hydrogens (tertiary/aromatic N) is 2. The van der Waals surface area contributed by atoms with Gasteiger partial charge in [-0.2, -0.15) is 0 Å². The van der Waals surface area contributed by atoms with Gasteiger partial charge in [0.2, 0.25) is 0 Å². The maximum absolute atomic E-state index is 6.26. The van der Waals surface area contributed by atoms with Gasteiger partial charge in [0.15, 0.2) is 0 Å². The molecule has 0 aromatic carbocycles. The second-order valence-electron chi connectivity index (χ2n) is 4.52. The van der Waals surface area contributed by atoms with E-state index < -0.39 is 0 Å². The van der Waals surface area contributed by atoms with Crippen LogP contribution in [0.5, 0.6) is 0 Å². The minimum absolute atomic E-state index is 0.745. The van der Waals surface area contributed by atoms with Gasteiger partial charge in [-0.3, -0.25) is 0 Å². The molecule has 1 aliphatic heterocycles. The van der Waals surface area contributed by atoms with Crippen LogP contribution in [0.4, 0.5) is 5.82 Å². The lowest BCUT2D eigenvalue weighted by atomic mass is 10.2. The van der Waals surface area contributed by atoms with Crippen LogP contribution in [0.2, 0.25) is 5.02 Å². The van der Waals surface area contributed by atoms with Crippen LogP contribution in [0.15, 0.2) is 12.3 Å². The standard InChI is InChI=1S/C12H18ClN3/c1-9-3-4-16(8-9)12-11(13)5-10(6-14-2)7-15-12/h5,7,9,14H,3-4,6,8H2,1-2H3. The van der Waals surface area contributed by atoms with Crippen molar-refractivity contribution in [2.24, 2.45) is 5.92 Å². The molecule has 16 heavy (non-hydrogen) atoms. The normalized spacial score (nSPS) is 20.4. The van der Waals surface area contributed by atoms with Crippen LogP contribution < -0.4 is 10.2 Å². The fraction of sp³-hybridized carbons (Fsp3) is 0.583. The van der Waals surface area contributed by atoms with Crippen LogP contribution in [0.1, 0.15) is 18.9 Å². The Morgan fingerprint density at radius 3 is 3.00 bits per heavy atom. The van der Waals surface area contributed by atoms with E-state index in [2.05, 4.69) is 22.1 Å². The molecule has 2 heterocycles. The maximum atomic E-state index is 6.26. The monoisotopic (exact) mass is 239 g/mol. The quantitative estimate of drug-likeness (QED) is 0.878. The fourth-order valence-electron chi connectivity index (χ4n) is 2.13. The highest BCUT2D eigenvalue weighted by Gasteiger charge is 2.21. The highest BCUT2D eigenvalue weighted by Crippen LogP contribution is 2.28. The lowest BCUT2D eigenvalue weighted by Crippen LogP contribution is -2.21. The van der Waals surface area contributed by atoms with Crippen LogP contribution >= 0.6 is 11.6 Å². The molecule has 0 amide bonds. The van der Waals surface area contributed by atoms with Gasteiger partial charge in [0.25, 0.3) is 0 Å². The molecule has 0 saturated carbocycles. The smallest absolute Gasteiger partial charge is 0.147 e. The Balaban J connectivity index is 2.16. The SMILES string of the molecule is CNCc1cnc(N2CCC(C)C2)c(Cl)c1. The van der Waals surface area contributed by atoms with Crippen LogP contribution in [-0.4, -0.2) is 25.1 Å². The van der Waals surface area contributed by atoms with Crippen molar-refractivity contribution in [3.8, 4) is 0 Å². The van der Waals surface area contributed by atoms with Crippen molar-refractivity contribution in [1.29, 1.82) is 0 Å². The van der Waals surface area contributed by atoms with E-state index in [4.69, 9.17) is 11.6 Å². The predicted molar refractivity (Wildman–Crippen MR) is 68.0 cm³/mol. The second kappa shape index (κ2) is 5.02. The Hall–Kier alpha value is -0.800. The van der Waals surface area contributed by atoms with E-state index in [0.717, 1.165) is 42.0 Å². The molecule has 88 valence electrons. The molecule has 1 fully saturated rings. The van der Waals surface area contributed by atoms with Gasteiger partial charge in [0.1, 0.15) is 5.82 Å². The first kappa shape index (κ1) is 11.7. The Labute approximate surface area is 102 Å². The molecule has 1 aromatic rings. The molecular formula is C12H18ClN3. The second-order valence-corrected chi connectivity index (χ2v) is 4.93. The van der Waals surface area contributed by atoms with E-state index in [1.54, 1.807) is 0 Å². The Morgan fingerprint density at radius 1 is 1.62 bits per heavy atom.